The Balaban J connectivity index is 3.19. The Morgan fingerprint density at radius 1 is 1.27 bits per heavy atom. The molecule has 0 fully saturated rings. The molecule has 1 N–H and O–H groups in total. The molecule has 80 valence electrons. The van der Waals surface area contributed by atoms with E-state index in [1.807, 2.05) is 0 Å². The molecular formula is C10H8F2O3. The highest BCUT2D eigenvalue weighted by Gasteiger charge is 2.17. The first-order valence-electron chi connectivity index (χ1n) is 4.12. The van der Waals surface area contributed by atoms with Crippen molar-refractivity contribution in [2.24, 2.45) is 0 Å². The number of carbonyl (C=O) groups is 2. The van der Waals surface area contributed by atoms with E-state index >= 15 is 0 Å². The van der Waals surface area contributed by atoms with Crippen LogP contribution in [0.15, 0.2) is 12.1 Å². The van der Waals surface area contributed by atoms with E-state index in [2.05, 4.69) is 0 Å². The second kappa shape index (κ2) is 4.16. The van der Waals surface area contributed by atoms with Gasteiger partial charge in [-0.1, -0.05) is 0 Å². The lowest BCUT2D eigenvalue weighted by molar-refractivity contribution is -0.116. The number of aromatic carboxylic acids is 1. The molecule has 0 unspecified atom stereocenters. The molecule has 0 amide bonds. The second-order valence-corrected chi connectivity index (χ2v) is 3.12. The molecule has 0 bridgehead atoms. The Labute approximate surface area is 84.3 Å². The maximum absolute atomic E-state index is 13.1. The molecule has 0 radical (unpaired) electrons. The van der Waals surface area contributed by atoms with Crippen LogP contribution in [0.5, 0.6) is 0 Å². The van der Waals surface area contributed by atoms with Crippen molar-refractivity contribution in [3.8, 4) is 0 Å². The molecule has 0 aliphatic carbocycles. The van der Waals surface area contributed by atoms with Gasteiger partial charge in [-0.3, -0.25) is 4.79 Å². The molecule has 0 saturated heterocycles. The Hall–Kier alpha value is -1.78. The molecule has 0 aliphatic heterocycles. The smallest absolute Gasteiger partial charge is 0.341 e. The summed E-state index contributed by atoms with van der Waals surface area (Å²) in [6.07, 6.45) is -0.117. The molecule has 1 aromatic carbocycles. The zero-order valence-electron chi connectivity index (χ0n) is 7.88. The van der Waals surface area contributed by atoms with Crippen molar-refractivity contribution < 1.29 is 23.5 Å². The molecule has 5 heteroatoms. The van der Waals surface area contributed by atoms with E-state index in [9.17, 15) is 18.4 Å². The first-order valence-corrected chi connectivity index (χ1v) is 4.12. The summed E-state index contributed by atoms with van der Waals surface area (Å²) in [6.45, 7) is 1.28. The zero-order chi connectivity index (χ0) is 11.6. The number of ketones is 1. The predicted molar refractivity (Wildman–Crippen MR) is 47.7 cm³/mol. The molecule has 0 aliphatic rings. The van der Waals surface area contributed by atoms with Gasteiger partial charge in [0.15, 0.2) is 0 Å². The molecule has 1 aromatic rings. The fourth-order valence-corrected chi connectivity index (χ4v) is 1.22. The van der Waals surface area contributed by atoms with Gasteiger partial charge in [0.05, 0.1) is 0 Å². The van der Waals surface area contributed by atoms with Gasteiger partial charge in [0, 0.05) is 6.42 Å². The lowest BCUT2D eigenvalue weighted by Gasteiger charge is -2.03. The number of rotatable bonds is 3. The number of Topliss-reactive ketones (excluding diaryl/α,β-unsaturated/α-hetero) is 1. The minimum Gasteiger partial charge on any atom is -0.477 e. The molecule has 0 spiro atoms. The number of hydrogen-bond acceptors (Lipinski definition) is 2. The van der Waals surface area contributed by atoms with E-state index < -0.39 is 23.2 Å². The number of hydrogen-bond donors (Lipinski definition) is 1. The second-order valence-electron chi connectivity index (χ2n) is 3.12. The number of carbonyl (C=O) groups excluding carboxylic acids is 1. The Morgan fingerprint density at radius 2 is 1.73 bits per heavy atom. The minimum absolute atomic E-state index is 0.117. The third-order valence-corrected chi connectivity index (χ3v) is 1.77. The van der Waals surface area contributed by atoms with Gasteiger partial charge in [0.1, 0.15) is 23.0 Å². The molecule has 0 heterocycles. The maximum atomic E-state index is 13.1. The van der Waals surface area contributed by atoms with Crippen LogP contribution in [-0.2, 0) is 11.2 Å². The molecule has 0 aromatic heterocycles. The highest BCUT2D eigenvalue weighted by Crippen LogP contribution is 2.16. The first-order chi connectivity index (χ1) is 6.91. The standard InChI is InChI=1S/C10H8F2O3/c1-5(13)2-6-3-7(11)9(10(14)15)8(12)4-6/h3-4H,2H2,1H3,(H,14,15). The summed E-state index contributed by atoms with van der Waals surface area (Å²) in [4.78, 5) is 21.1. The van der Waals surface area contributed by atoms with Crippen LogP contribution < -0.4 is 0 Å². The molecule has 3 nitrogen and oxygen atoms in total. The summed E-state index contributed by atoms with van der Waals surface area (Å²) in [5.41, 5.74) is -0.871. The largest absolute Gasteiger partial charge is 0.477 e. The number of carboxylic acids is 1. The van der Waals surface area contributed by atoms with Crippen molar-refractivity contribution in [1.82, 2.24) is 0 Å². The third kappa shape index (κ3) is 2.59. The van der Waals surface area contributed by atoms with E-state index in [0.717, 1.165) is 12.1 Å². The summed E-state index contributed by atoms with van der Waals surface area (Å²) in [7, 11) is 0. The Bertz CT molecular complexity index is 404. The SMILES string of the molecule is CC(=O)Cc1cc(F)c(C(=O)O)c(F)c1. The van der Waals surface area contributed by atoms with E-state index in [1.54, 1.807) is 0 Å². The van der Waals surface area contributed by atoms with Gasteiger partial charge in [0.25, 0.3) is 0 Å². The van der Waals surface area contributed by atoms with Crippen LogP contribution in [0.1, 0.15) is 22.8 Å². The number of halogens is 2. The van der Waals surface area contributed by atoms with Crippen molar-refractivity contribution in [1.29, 1.82) is 0 Å². The van der Waals surface area contributed by atoms with Crippen LogP contribution in [-0.4, -0.2) is 16.9 Å². The highest BCUT2D eigenvalue weighted by molar-refractivity contribution is 5.88. The highest BCUT2D eigenvalue weighted by atomic mass is 19.1. The minimum atomic E-state index is -1.67. The van der Waals surface area contributed by atoms with Crippen LogP contribution in [0.3, 0.4) is 0 Å². The van der Waals surface area contributed by atoms with Crippen molar-refractivity contribution in [3.05, 3.63) is 34.9 Å². The Kier molecular flexibility index (Phi) is 3.14. The van der Waals surface area contributed by atoms with Gasteiger partial charge in [-0.15, -0.1) is 0 Å². The summed E-state index contributed by atoms with van der Waals surface area (Å²) in [6, 6.07) is 1.71. The van der Waals surface area contributed by atoms with Crippen LogP contribution in [0.25, 0.3) is 0 Å². The normalized spacial score (nSPS) is 10.1. The van der Waals surface area contributed by atoms with Gasteiger partial charge in [-0.2, -0.15) is 0 Å². The molecule has 0 atom stereocenters. The van der Waals surface area contributed by atoms with E-state index in [4.69, 9.17) is 5.11 Å². The summed E-state index contributed by atoms with van der Waals surface area (Å²) >= 11 is 0. The topological polar surface area (TPSA) is 54.4 Å². The third-order valence-electron chi connectivity index (χ3n) is 1.77. The molecular weight excluding hydrogens is 206 g/mol. The van der Waals surface area contributed by atoms with Gasteiger partial charge < -0.3 is 5.11 Å². The molecule has 0 saturated carbocycles. The lowest BCUT2D eigenvalue weighted by atomic mass is 10.1. The van der Waals surface area contributed by atoms with E-state index in [0.29, 0.717) is 0 Å². The number of carboxylic acid groups (broad SMARTS) is 1. The average Bonchev–Trinajstić information content (AvgIpc) is 1.99. The molecule has 1 rings (SSSR count). The van der Waals surface area contributed by atoms with Crippen LogP contribution in [0.4, 0.5) is 8.78 Å². The number of benzene rings is 1. The van der Waals surface area contributed by atoms with E-state index in [-0.39, 0.29) is 17.8 Å². The van der Waals surface area contributed by atoms with E-state index in [1.165, 1.54) is 6.92 Å². The fourth-order valence-electron chi connectivity index (χ4n) is 1.22. The van der Waals surface area contributed by atoms with Gasteiger partial charge in [-0.25, -0.2) is 13.6 Å². The van der Waals surface area contributed by atoms with Crippen LogP contribution in [0, 0.1) is 11.6 Å². The van der Waals surface area contributed by atoms with Crippen molar-refractivity contribution >= 4 is 11.8 Å². The summed E-state index contributed by atoms with van der Waals surface area (Å²) < 4.78 is 26.2. The van der Waals surface area contributed by atoms with Crippen molar-refractivity contribution in [3.63, 3.8) is 0 Å². The lowest BCUT2D eigenvalue weighted by Crippen LogP contribution is -2.07. The Morgan fingerprint density at radius 3 is 2.07 bits per heavy atom. The van der Waals surface area contributed by atoms with Crippen LogP contribution >= 0.6 is 0 Å². The summed E-state index contributed by atoms with van der Waals surface area (Å²) in [5, 5.41) is 8.47. The van der Waals surface area contributed by atoms with Gasteiger partial charge >= 0.3 is 5.97 Å². The average molecular weight is 214 g/mol. The fraction of sp³-hybridized carbons (Fsp3) is 0.200. The first kappa shape index (κ1) is 11.3. The monoisotopic (exact) mass is 214 g/mol. The zero-order valence-corrected chi connectivity index (χ0v) is 7.88. The van der Waals surface area contributed by atoms with Crippen molar-refractivity contribution in [2.75, 3.05) is 0 Å². The van der Waals surface area contributed by atoms with Gasteiger partial charge in [-0.05, 0) is 24.6 Å². The summed E-state index contributed by atoms with van der Waals surface area (Å²) in [5.74, 6) is -4.26. The predicted octanol–water partition coefficient (Wildman–Crippen LogP) is 1.79. The maximum Gasteiger partial charge on any atom is 0.341 e. The molecule has 15 heavy (non-hydrogen) atoms. The van der Waals surface area contributed by atoms with Crippen molar-refractivity contribution in [2.45, 2.75) is 13.3 Å². The van der Waals surface area contributed by atoms with Gasteiger partial charge in [0.2, 0.25) is 0 Å². The van der Waals surface area contributed by atoms with Crippen LogP contribution in [0.2, 0.25) is 0 Å². The quantitative estimate of drug-likeness (QED) is 0.834.